The number of aryl methyl sites for hydroxylation is 2. The first-order valence-corrected chi connectivity index (χ1v) is 6.92. The van der Waals surface area contributed by atoms with Crippen LogP contribution in [0, 0.1) is 13.8 Å². The Morgan fingerprint density at radius 1 is 1.30 bits per heavy atom. The van der Waals surface area contributed by atoms with Crippen molar-refractivity contribution in [1.29, 1.82) is 0 Å². The standard InChI is InChI=1S/C14H21N3O2S/c1-5-15-14(20)17-16-13(18)11(4)19-12-7-6-9(2)10(3)8-12/h6-8,11H,5H2,1-4H3,(H,16,18)(H2,15,17,20)/t11-/m0/s1. The van der Waals surface area contributed by atoms with Crippen LogP contribution >= 0.6 is 12.2 Å². The van der Waals surface area contributed by atoms with E-state index in [1.54, 1.807) is 6.92 Å². The summed E-state index contributed by atoms with van der Waals surface area (Å²) in [6.45, 7) is 8.32. The van der Waals surface area contributed by atoms with E-state index in [9.17, 15) is 4.79 Å². The van der Waals surface area contributed by atoms with Gasteiger partial charge in [-0.1, -0.05) is 6.07 Å². The molecule has 0 unspecified atom stereocenters. The molecular formula is C14H21N3O2S. The van der Waals surface area contributed by atoms with E-state index in [-0.39, 0.29) is 5.91 Å². The van der Waals surface area contributed by atoms with Crippen LogP contribution in [0.15, 0.2) is 18.2 Å². The van der Waals surface area contributed by atoms with Gasteiger partial charge in [-0.15, -0.1) is 0 Å². The van der Waals surface area contributed by atoms with Crippen LogP contribution in [-0.4, -0.2) is 23.7 Å². The zero-order chi connectivity index (χ0) is 15.1. The average molecular weight is 295 g/mol. The molecule has 6 heteroatoms. The maximum Gasteiger partial charge on any atom is 0.279 e. The predicted molar refractivity (Wildman–Crippen MR) is 83.6 cm³/mol. The fourth-order valence-corrected chi connectivity index (χ4v) is 1.66. The third-order valence-electron chi connectivity index (χ3n) is 2.80. The van der Waals surface area contributed by atoms with Gasteiger partial charge in [0.05, 0.1) is 0 Å². The Morgan fingerprint density at radius 2 is 2.00 bits per heavy atom. The maximum atomic E-state index is 11.8. The molecule has 0 spiro atoms. The van der Waals surface area contributed by atoms with Crippen LogP contribution in [0.5, 0.6) is 5.75 Å². The van der Waals surface area contributed by atoms with Gasteiger partial charge in [0.15, 0.2) is 11.2 Å². The van der Waals surface area contributed by atoms with Crippen molar-refractivity contribution >= 4 is 23.2 Å². The first-order valence-electron chi connectivity index (χ1n) is 6.51. The number of hydrogen-bond donors (Lipinski definition) is 3. The van der Waals surface area contributed by atoms with Crippen LogP contribution in [0.4, 0.5) is 0 Å². The third kappa shape index (κ3) is 5.05. The fourth-order valence-electron chi connectivity index (χ4n) is 1.47. The Balaban J connectivity index is 2.48. The molecule has 1 aromatic rings. The largest absolute Gasteiger partial charge is 0.481 e. The van der Waals surface area contributed by atoms with Crippen LogP contribution in [0.3, 0.4) is 0 Å². The van der Waals surface area contributed by atoms with Gasteiger partial charge in [-0.3, -0.25) is 15.6 Å². The van der Waals surface area contributed by atoms with E-state index in [1.165, 1.54) is 5.56 Å². The lowest BCUT2D eigenvalue weighted by atomic mass is 10.1. The summed E-state index contributed by atoms with van der Waals surface area (Å²) < 4.78 is 5.59. The third-order valence-corrected chi connectivity index (χ3v) is 3.04. The number of hydrazine groups is 1. The van der Waals surface area contributed by atoms with Crippen molar-refractivity contribution < 1.29 is 9.53 Å². The number of amides is 1. The highest BCUT2D eigenvalue weighted by Gasteiger charge is 2.14. The lowest BCUT2D eigenvalue weighted by Gasteiger charge is -2.16. The monoisotopic (exact) mass is 295 g/mol. The second kappa shape index (κ2) is 7.69. The summed E-state index contributed by atoms with van der Waals surface area (Å²) in [5.41, 5.74) is 7.42. The zero-order valence-corrected chi connectivity index (χ0v) is 13.1. The van der Waals surface area contributed by atoms with E-state index in [0.29, 0.717) is 17.4 Å². The van der Waals surface area contributed by atoms with Gasteiger partial charge in [-0.05, 0) is 63.2 Å². The minimum absolute atomic E-state index is 0.288. The molecule has 0 aliphatic rings. The summed E-state index contributed by atoms with van der Waals surface area (Å²) in [5, 5.41) is 3.24. The SMILES string of the molecule is CCNC(=S)NNC(=O)[C@H](C)Oc1ccc(C)c(C)c1. The van der Waals surface area contributed by atoms with Crippen molar-refractivity contribution in [1.82, 2.24) is 16.2 Å². The second-order valence-corrected chi connectivity index (χ2v) is 4.89. The highest BCUT2D eigenvalue weighted by Crippen LogP contribution is 2.17. The number of nitrogens with one attached hydrogen (secondary N) is 3. The molecule has 0 saturated carbocycles. The van der Waals surface area contributed by atoms with Crippen molar-refractivity contribution in [2.45, 2.75) is 33.8 Å². The summed E-state index contributed by atoms with van der Waals surface area (Å²) in [4.78, 5) is 11.8. The molecule has 110 valence electrons. The molecule has 1 rings (SSSR count). The number of carbonyl (C=O) groups excluding carboxylic acids is 1. The summed E-state index contributed by atoms with van der Waals surface area (Å²) in [5.74, 6) is 0.383. The van der Waals surface area contributed by atoms with Crippen LogP contribution in [0.2, 0.25) is 0 Å². The molecule has 0 fully saturated rings. The molecule has 20 heavy (non-hydrogen) atoms. The molecule has 0 saturated heterocycles. The maximum absolute atomic E-state index is 11.8. The van der Waals surface area contributed by atoms with Crippen LogP contribution < -0.4 is 20.9 Å². The lowest BCUT2D eigenvalue weighted by Crippen LogP contribution is -2.50. The Kier molecular flexibility index (Phi) is 6.24. The summed E-state index contributed by atoms with van der Waals surface area (Å²) in [6.07, 6.45) is -0.617. The van der Waals surface area contributed by atoms with Crippen LogP contribution in [-0.2, 0) is 4.79 Å². The van der Waals surface area contributed by atoms with Crippen LogP contribution in [0.25, 0.3) is 0 Å². The molecule has 0 aliphatic carbocycles. The number of benzene rings is 1. The van der Waals surface area contributed by atoms with Gasteiger partial charge < -0.3 is 10.1 Å². The summed E-state index contributed by atoms with van der Waals surface area (Å²) in [6, 6.07) is 5.73. The molecule has 0 aliphatic heterocycles. The van der Waals surface area contributed by atoms with Gasteiger partial charge in [0, 0.05) is 6.54 Å². The van der Waals surface area contributed by atoms with Crippen molar-refractivity contribution in [3.05, 3.63) is 29.3 Å². The first kappa shape index (κ1) is 16.2. The molecule has 1 atom stereocenters. The fraction of sp³-hybridized carbons (Fsp3) is 0.429. The Hall–Kier alpha value is -1.82. The van der Waals surface area contributed by atoms with Crippen molar-refractivity contribution in [3.63, 3.8) is 0 Å². The van der Waals surface area contributed by atoms with Gasteiger partial charge in [0.2, 0.25) is 0 Å². The smallest absolute Gasteiger partial charge is 0.279 e. The summed E-state index contributed by atoms with van der Waals surface area (Å²) >= 11 is 4.94. The highest BCUT2D eigenvalue weighted by molar-refractivity contribution is 7.80. The Labute approximate surface area is 125 Å². The Morgan fingerprint density at radius 3 is 2.60 bits per heavy atom. The van der Waals surface area contributed by atoms with Gasteiger partial charge in [-0.25, -0.2) is 0 Å². The lowest BCUT2D eigenvalue weighted by molar-refractivity contribution is -0.127. The summed E-state index contributed by atoms with van der Waals surface area (Å²) in [7, 11) is 0. The van der Waals surface area contributed by atoms with Crippen LogP contribution in [0.1, 0.15) is 25.0 Å². The van der Waals surface area contributed by atoms with E-state index >= 15 is 0 Å². The van der Waals surface area contributed by atoms with Crippen molar-refractivity contribution in [3.8, 4) is 5.75 Å². The number of thiocarbonyl (C=S) groups is 1. The molecular weight excluding hydrogens is 274 g/mol. The van der Waals surface area contributed by atoms with Crippen molar-refractivity contribution in [2.75, 3.05) is 6.54 Å². The predicted octanol–water partition coefficient (Wildman–Crippen LogP) is 1.59. The molecule has 5 nitrogen and oxygen atoms in total. The molecule has 1 aromatic carbocycles. The molecule has 0 heterocycles. The average Bonchev–Trinajstić information content (AvgIpc) is 2.40. The van der Waals surface area contributed by atoms with E-state index in [2.05, 4.69) is 16.2 Å². The first-order chi connectivity index (χ1) is 9.43. The number of hydrogen-bond acceptors (Lipinski definition) is 3. The van der Waals surface area contributed by atoms with E-state index in [1.807, 2.05) is 39.0 Å². The molecule has 0 aromatic heterocycles. The van der Waals surface area contributed by atoms with E-state index in [0.717, 1.165) is 5.56 Å². The van der Waals surface area contributed by atoms with Gasteiger partial charge in [-0.2, -0.15) is 0 Å². The second-order valence-electron chi connectivity index (χ2n) is 4.48. The molecule has 0 radical (unpaired) electrons. The van der Waals surface area contributed by atoms with Gasteiger partial charge in [0.25, 0.3) is 5.91 Å². The molecule has 0 bridgehead atoms. The van der Waals surface area contributed by atoms with Gasteiger partial charge in [0.1, 0.15) is 5.75 Å². The quantitative estimate of drug-likeness (QED) is 0.581. The number of carbonyl (C=O) groups is 1. The van der Waals surface area contributed by atoms with E-state index in [4.69, 9.17) is 17.0 Å². The number of ether oxygens (including phenoxy) is 1. The minimum Gasteiger partial charge on any atom is -0.481 e. The molecule has 1 amide bonds. The highest BCUT2D eigenvalue weighted by atomic mass is 32.1. The molecule has 3 N–H and O–H groups in total. The van der Waals surface area contributed by atoms with Crippen molar-refractivity contribution in [2.24, 2.45) is 0 Å². The Bertz CT molecular complexity index is 491. The van der Waals surface area contributed by atoms with E-state index < -0.39 is 6.10 Å². The number of rotatable bonds is 4. The van der Waals surface area contributed by atoms with Gasteiger partial charge >= 0.3 is 0 Å². The minimum atomic E-state index is -0.617. The topological polar surface area (TPSA) is 62.4 Å². The zero-order valence-electron chi connectivity index (χ0n) is 12.2. The normalized spacial score (nSPS) is 11.4.